The second-order valence-electron chi connectivity index (χ2n) is 3.57. The smallest absolute Gasteiger partial charge is 0.177 e. The van der Waals surface area contributed by atoms with Gasteiger partial charge in [-0.2, -0.15) is 4.80 Å². The summed E-state index contributed by atoms with van der Waals surface area (Å²) in [5.74, 6) is 0.571. The van der Waals surface area contributed by atoms with E-state index in [0.717, 1.165) is 11.3 Å². The van der Waals surface area contributed by atoms with Crippen LogP contribution in [0.2, 0.25) is 0 Å². The normalized spacial score (nSPS) is 12.9. The summed E-state index contributed by atoms with van der Waals surface area (Å²) in [6.07, 6.45) is 0.882. The highest BCUT2D eigenvalue weighted by Gasteiger charge is 2.13. The zero-order valence-electron chi connectivity index (χ0n) is 9.29. The first kappa shape index (κ1) is 11.2. The van der Waals surface area contributed by atoms with Gasteiger partial charge in [0.15, 0.2) is 5.82 Å². The molecule has 0 aliphatic carbocycles. The number of aryl methyl sites for hydroxylation is 2. The van der Waals surface area contributed by atoms with Gasteiger partial charge in [0.25, 0.3) is 0 Å². The highest BCUT2D eigenvalue weighted by Crippen LogP contribution is 2.25. The molecular weight excluding hydrogens is 224 g/mol. The van der Waals surface area contributed by atoms with Crippen LogP contribution in [-0.2, 0) is 19.9 Å². The Morgan fingerprint density at radius 3 is 2.88 bits per heavy atom. The number of aliphatic hydroxyl groups is 1. The number of tetrazole rings is 1. The molecule has 86 valence electrons. The highest BCUT2D eigenvalue weighted by molar-refractivity contribution is 7.12. The van der Waals surface area contributed by atoms with Crippen LogP contribution in [0.1, 0.15) is 28.6 Å². The van der Waals surface area contributed by atoms with Gasteiger partial charge in [0, 0.05) is 16.2 Å². The highest BCUT2D eigenvalue weighted by atomic mass is 32.1. The molecule has 2 rings (SSSR count). The fraction of sp³-hybridized carbons (Fsp3) is 0.500. The third kappa shape index (κ3) is 2.45. The maximum absolute atomic E-state index is 9.99. The number of thiophene rings is 1. The molecule has 0 saturated carbocycles. The minimum absolute atomic E-state index is 0.414. The lowest BCUT2D eigenvalue weighted by Gasteiger charge is -2.04. The van der Waals surface area contributed by atoms with E-state index in [-0.39, 0.29) is 0 Å². The van der Waals surface area contributed by atoms with Crippen molar-refractivity contribution in [1.82, 2.24) is 20.2 Å². The fourth-order valence-corrected chi connectivity index (χ4v) is 2.38. The Hall–Kier alpha value is -1.27. The van der Waals surface area contributed by atoms with E-state index in [1.54, 1.807) is 18.4 Å². The maximum atomic E-state index is 9.99. The topological polar surface area (TPSA) is 63.8 Å². The molecule has 0 bridgehead atoms. The molecule has 0 amide bonds. The van der Waals surface area contributed by atoms with Crippen molar-refractivity contribution in [3.8, 4) is 0 Å². The van der Waals surface area contributed by atoms with Gasteiger partial charge in [-0.1, -0.05) is 6.92 Å². The third-order valence-corrected chi connectivity index (χ3v) is 3.62. The van der Waals surface area contributed by atoms with Gasteiger partial charge in [0.2, 0.25) is 0 Å². The number of aliphatic hydroxyl groups excluding tert-OH is 1. The van der Waals surface area contributed by atoms with Gasteiger partial charge < -0.3 is 5.11 Å². The molecule has 6 heteroatoms. The summed E-state index contributed by atoms with van der Waals surface area (Å²) in [5, 5.41) is 21.6. The summed E-state index contributed by atoms with van der Waals surface area (Å²) in [6, 6.07) is 4.01. The van der Waals surface area contributed by atoms with Crippen molar-refractivity contribution in [3.05, 3.63) is 27.7 Å². The third-order valence-electron chi connectivity index (χ3n) is 2.28. The second kappa shape index (κ2) is 4.71. The van der Waals surface area contributed by atoms with E-state index in [2.05, 4.69) is 22.3 Å². The maximum Gasteiger partial charge on any atom is 0.177 e. The molecule has 0 radical (unpaired) electrons. The molecule has 0 aliphatic heterocycles. The molecule has 1 unspecified atom stereocenters. The number of hydrogen-bond donors (Lipinski definition) is 1. The molecule has 1 N–H and O–H groups in total. The number of rotatable bonds is 4. The molecule has 0 aliphatic rings. The van der Waals surface area contributed by atoms with E-state index in [1.165, 1.54) is 9.67 Å². The Labute approximate surface area is 97.7 Å². The van der Waals surface area contributed by atoms with Crippen LogP contribution in [0.25, 0.3) is 0 Å². The Bertz CT molecular complexity index is 465. The molecule has 1 atom stereocenters. The minimum Gasteiger partial charge on any atom is -0.387 e. The molecule has 0 spiro atoms. The van der Waals surface area contributed by atoms with Crippen molar-refractivity contribution < 1.29 is 5.11 Å². The summed E-state index contributed by atoms with van der Waals surface area (Å²) in [4.78, 5) is 3.64. The van der Waals surface area contributed by atoms with Gasteiger partial charge in [-0.25, -0.2) is 0 Å². The van der Waals surface area contributed by atoms with Gasteiger partial charge in [0.1, 0.15) is 0 Å². The molecule has 16 heavy (non-hydrogen) atoms. The SMILES string of the molecule is CCc1ccc(C(O)Cc2nnn(C)n2)s1. The predicted octanol–water partition coefficient (Wildman–Crippen LogP) is 1.11. The Kier molecular flexibility index (Phi) is 3.31. The Morgan fingerprint density at radius 2 is 2.31 bits per heavy atom. The quantitative estimate of drug-likeness (QED) is 0.866. The lowest BCUT2D eigenvalue weighted by atomic mass is 10.2. The first-order valence-corrected chi connectivity index (χ1v) is 6.00. The van der Waals surface area contributed by atoms with Crippen LogP contribution >= 0.6 is 11.3 Å². The first-order valence-electron chi connectivity index (χ1n) is 5.18. The first-order chi connectivity index (χ1) is 7.69. The molecule has 0 aromatic carbocycles. The zero-order valence-corrected chi connectivity index (χ0v) is 10.1. The van der Waals surface area contributed by atoms with Gasteiger partial charge in [0.05, 0.1) is 13.2 Å². The lowest BCUT2D eigenvalue weighted by molar-refractivity contribution is 0.179. The summed E-state index contributed by atoms with van der Waals surface area (Å²) in [7, 11) is 1.71. The van der Waals surface area contributed by atoms with Crippen molar-refractivity contribution in [2.75, 3.05) is 0 Å². The number of nitrogens with zero attached hydrogens (tertiary/aromatic N) is 4. The standard InChI is InChI=1S/C10H14N4OS/c1-3-7-4-5-9(16-7)8(15)6-10-11-13-14(2)12-10/h4-5,8,15H,3,6H2,1-2H3. The number of hydrogen-bond acceptors (Lipinski definition) is 5. The minimum atomic E-state index is -0.533. The average molecular weight is 238 g/mol. The Morgan fingerprint density at radius 1 is 1.50 bits per heavy atom. The van der Waals surface area contributed by atoms with Crippen molar-refractivity contribution >= 4 is 11.3 Å². The largest absolute Gasteiger partial charge is 0.387 e. The number of aromatic nitrogens is 4. The van der Waals surface area contributed by atoms with Crippen LogP contribution in [0, 0.1) is 0 Å². The van der Waals surface area contributed by atoms with E-state index in [9.17, 15) is 5.11 Å². The summed E-state index contributed by atoms with van der Waals surface area (Å²) in [5.41, 5.74) is 0. The molecule has 2 aromatic rings. The molecular formula is C10H14N4OS. The zero-order chi connectivity index (χ0) is 11.5. The van der Waals surface area contributed by atoms with Gasteiger partial charge in [-0.05, 0) is 23.8 Å². The van der Waals surface area contributed by atoms with E-state index in [4.69, 9.17) is 0 Å². The van der Waals surface area contributed by atoms with Gasteiger partial charge >= 0.3 is 0 Å². The van der Waals surface area contributed by atoms with Crippen molar-refractivity contribution in [2.45, 2.75) is 25.9 Å². The molecule has 2 aromatic heterocycles. The van der Waals surface area contributed by atoms with Crippen LogP contribution in [0.3, 0.4) is 0 Å². The van der Waals surface area contributed by atoms with E-state index < -0.39 is 6.10 Å². The monoisotopic (exact) mass is 238 g/mol. The molecule has 0 saturated heterocycles. The van der Waals surface area contributed by atoms with Crippen molar-refractivity contribution in [3.63, 3.8) is 0 Å². The molecule has 5 nitrogen and oxygen atoms in total. The summed E-state index contributed by atoms with van der Waals surface area (Å²) in [6.45, 7) is 2.10. The average Bonchev–Trinajstić information content (AvgIpc) is 2.87. The van der Waals surface area contributed by atoms with Crippen LogP contribution in [-0.4, -0.2) is 25.3 Å². The Balaban J connectivity index is 2.05. The second-order valence-corrected chi connectivity index (χ2v) is 4.77. The van der Waals surface area contributed by atoms with Gasteiger partial charge in [-0.3, -0.25) is 0 Å². The molecule has 0 fully saturated rings. The van der Waals surface area contributed by atoms with Crippen LogP contribution in [0.4, 0.5) is 0 Å². The van der Waals surface area contributed by atoms with Gasteiger partial charge in [-0.15, -0.1) is 21.5 Å². The fourth-order valence-electron chi connectivity index (χ4n) is 1.44. The van der Waals surface area contributed by atoms with Crippen LogP contribution in [0.15, 0.2) is 12.1 Å². The van der Waals surface area contributed by atoms with Crippen LogP contribution < -0.4 is 0 Å². The van der Waals surface area contributed by atoms with Crippen LogP contribution in [0.5, 0.6) is 0 Å². The van der Waals surface area contributed by atoms with Crippen molar-refractivity contribution in [1.29, 1.82) is 0 Å². The summed E-state index contributed by atoms with van der Waals surface area (Å²) < 4.78 is 0. The van der Waals surface area contributed by atoms with E-state index in [0.29, 0.717) is 12.2 Å². The molecule has 2 heterocycles. The van der Waals surface area contributed by atoms with E-state index in [1.807, 2.05) is 12.1 Å². The lowest BCUT2D eigenvalue weighted by Crippen LogP contribution is -2.02. The van der Waals surface area contributed by atoms with E-state index >= 15 is 0 Å². The predicted molar refractivity (Wildman–Crippen MR) is 61.2 cm³/mol. The van der Waals surface area contributed by atoms with Crippen molar-refractivity contribution in [2.24, 2.45) is 7.05 Å². The summed E-state index contributed by atoms with van der Waals surface area (Å²) >= 11 is 1.63.